The number of nitrogens with one attached hydrogen (secondary N) is 1. The normalized spacial score (nSPS) is 22.0. The van der Waals surface area contributed by atoms with Crippen LogP contribution in [0.3, 0.4) is 0 Å². The Hall–Kier alpha value is -3.24. The Bertz CT molecular complexity index is 1580. The summed E-state index contributed by atoms with van der Waals surface area (Å²) in [6.07, 6.45) is 0.999. The molecule has 194 valence electrons. The van der Waals surface area contributed by atoms with Crippen LogP contribution in [0.5, 0.6) is 0 Å². The zero-order valence-corrected chi connectivity index (χ0v) is 20.7. The first-order chi connectivity index (χ1) is 17.4. The molecular formula is C27H26F3N3O4. The highest BCUT2D eigenvalue weighted by atomic mass is 19.3. The van der Waals surface area contributed by atoms with E-state index in [1.54, 1.807) is 19.9 Å². The zero-order valence-electron chi connectivity index (χ0n) is 20.7. The number of aromatic nitrogens is 2. The van der Waals surface area contributed by atoms with Gasteiger partial charge in [-0.25, -0.2) is 22.9 Å². The van der Waals surface area contributed by atoms with Gasteiger partial charge >= 0.3 is 5.97 Å². The van der Waals surface area contributed by atoms with Crippen LogP contribution in [0.4, 0.5) is 13.2 Å². The van der Waals surface area contributed by atoms with Crippen molar-refractivity contribution >= 4 is 16.9 Å². The molecule has 2 aromatic heterocycles. The first kappa shape index (κ1) is 24.1. The highest BCUT2D eigenvalue weighted by molar-refractivity contribution is 5.93. The number of pyridine rings is 2. The lowest BCUT2D eigenvalue weighted by Gasteiger charge is -2.31. The smallest absolute Gasteiger partial charge is 0.343 e. The molecular weight excluding hydrogens is 487 g/mol. The molecule has 37 heavy (non-hydrogen) atoms. The van der Waals surface area contributed by atoms with Gasteiger partial charge in [-0.15, -0.1) is 0 Å². The molecule has 0 saturated carbocycles. The van der Waals surface area contributed by atoms with Crippen molar-refractivity contribution in [3.8, 4) is 11.4 Å². The molecule has 0 unspecified atom stereocenters. The van der Waals surface area contributed by atoms with Gasteiger partial charge in [0.05, 0.1) is 35.6 Å². The van der Waals surface area contributed by atoms with E-state index in [0.717, 1.165) is 23.4 Å². The minimum Gasteiger partial charge on any atom is -0.458 e. The maximum Gasteiger partial charge on any atom is 0.343 e. The number of halogens is 3. The van der Waals surface area contributed by atoms with Gasteiger partial charge in [-0.3, -0.25) is 4.79 Å². The molecule has 0 radical (unpaired) electrons. The van der Waals surface area contributed by atoms with Gasteiger partial charge in [-0.05, 0) is 48.9 Å². The molecule has 3 aromatic rings. The SMILES string of the molecule is CC[C@@]1(O)C(=O)OCc2c1cc1n(c2=O)Cc2c-1nc1cc(F)c(C)c3c1c2[C@@H](NCC(C)(F)F)CC3. The third-order valence-electron chi connectivity index (χ3n) is 8.04. The van der Waals surface area contributed by atoms with E-state index in [0.29, 0.717) is 40.9 Å². The van der Waals surface area contributed by atoms with E-state index in [1.165, 1.54) is 10.6 Å². The Morgan fingerprint density at radius 3 is 2.73 bits per heavy atom. The van der Waals surface area contributed by atoms with E-state index in [-0.39, 0.29) is 30.7 Å². The standard InChI is InChI=1S/C27H26F3N3O4/c1-4-27(36)16-7-20-23-14(9-33(20)24(34)15(16)10-37-25(27)35)22-18(31-11-26(3,29)30)6-5-13-12(2)17(28)8-19(32-23)21(13)22/h7-8,18,31,36H,4-6,9-11H2,1-3H3/t18-,27-/m0/s1. The van der Waals surface area contributed by atoms with Crippen LogP contribution in [0.2, 0.25) is 0 Å². The average Bonchev–Trinajstić information content (AvgIpc) is 3.22. The highest BCUT2D eigenvalue weighted by Crippen LogP contribution is 2.46. The number of aryl methyl sites for hydroxylation is 1. The minimum atomic E-state index is -2.93. The fourth-order valence-corrected chi connectivity index (χ4v) is 6.06. The largest absolute Gasteiger partial charge is 0.458 e. The first-order valence-electron chi connectivity index (χ1n) is 12.4. The average molecular weight is 514 g/mol. The number of alkyl halides is 2. The predicted molar refractivity (Wildman–Crippen MR) is 129 cm³/mol. The number of aliphatic hydroxyl groups is 1. The van der Waals surface area contributed by atoms with Gasteiger partial charge in [0.25, 0.3) is 11.5 Å². The molecule has 0 amide bonds. The number of hydrogen-bond donors (Lipinski definition) is 2. The van der Waals surface area contributed by atoms with E-state index < -0.39 is 41.5 Å². The molecule has 1 aliphatic carbocycles. The molecule has 0 fully saturated rings. The van der Waals surface area contributed by atoms with Crippen LogP contribution in [0.15, 0.2) is 16.9 Å². The minimum absolute atomic E-state index is 0.00997. The van der Waals surface area contributed by atoms with Crippen molar-refractivity contribution in [1.29, 1.82) is 0 Å². The maximum atomic E-state index is 14.9. The number of nitrogens with zero attached hydrogens (tertiary/aromatic N) is 2. The Morgan fingerprint density at radius 1 is 1.27 bits per heavy atom. The summed E-state index contributed by atoms with van der Waals surface area (Å²) in [5.74, 6) is -4.15. The van der Waals surface area contributed by atoms with Crippen LogP contribution >= 0.6 is 0 Å². The molecule has 7 nitrogen and oxygen atoms in total. The third-order valence-corrected chi connectivity index (χ3v) is 8.04. The van der Waals surface area contributed by atoms with Crippen LogP contribution in [0, 0.1) is 12.7 Å². The van der Waals surface area contributed by atoms with Crippen molar-refractivity contribution in [2.45, 2.75) is 70.8 Å². The predicted octanol–water partition coefficient (Wildman–Crippen LogP) is 3.76. The third kappa shape index (κ3) is 3.38. The summed E-state index contributed by atoms with van der Waals surface area (Å²) in [7, 11) is 0. The summed E-state index contributed by atoms with van der Waals surface area (Å²) in [4.78, 5) is 30.8. The monoisotopic (exact) mass is 513 g/mol. The lowest BCUT2D eigenvalue weighted by molar-refractivity contribution is -0.172. The van der Waals surface area contributed by atoms with Gasteiger partial charge in [-0.2, -0.15) is 0 Å². The van der Waals surface area contributed by atoms with E-state index >= 15 is 0 Å². The number of ether oxygens (including phenoxy) is 1. The summed E-state index contributed by atoms with van der Waals surface area (Å²) in [6.45, 7) is 3.53. The van der Waals surface area contributed by atoms with Gasteiger partial charge in [0, 0.05) is 35.5 Å². The number of esters is 1. The molecule has 0 bridgehead atoms. The Kier molecular flexibility index (Phi) is 5.14. The number of cyclic esters (lactones) is 1. The molecule has 2 N–H and O–H groups in total. The lowest BCUT2D eigenvalue weighted by atomic mass is 9.81. The topological polar surface area (TPSA) is 93.5 Å². The van der Waals surface area contributed by atoms with Crippen LogP contribution < -0.4 is 10.9 Å². The second-order valence-corrected chi connectivity index (χ2v) is 10.4. The number of fused-ring (bicyclic) bond motifs is 5. The number of benzene rings is 1. The quantitative estimate of drug-likeness (QED) is 0.404. The van der Waals surface area contributed by atoms with Gasteiger partial charge in [0.15, 0.2) is 5.60 Å². The summed E-state index contributed by atoms with van der Waals surface area (Å²) in [5, 5.41) is 14.8. The molecule has 0 spiro atoms. The van der Waals surface area contributed by atoms with Crippen molar-refractivity contribution in [3.05, 3.63) is 61.7 Å². The van der Waals surface area contributed by atoms with Crippen molar-refractivity contribution in [3.63, 3.8) is 0 Å². The number of rotatable bonds is 4. The Labute approximate surface area is 210 Å². The zero-order chi connectivity index (χ0) is 26.4. The van der Waals surface area contributed by atoms with Gasteiger partial charge in [-0.1, -0.05) is 6.92 Å². The summed E-state index contributed by atoms with van der Waals surface area (Å²) >= 11 is 0. The van der Waals surface area contributed by atoms with E-state index in [2.05, 4.69) is 5.32 Å². The maximum absolute atomic E-state index is 14.9. The number of hydrogen-bond acceptors (Lipinski definition) is 6. The molecule has 3 aliphatic rings. The van der Waals surface area contributed by atoms with Crippen molar-refractivity contribution in [1.82, 2.24) is 14.9 Å². The first-order valence-corrected chi connectivity index (χ1v) is 12.4. The fourth-order valence-electron chi connectivity index (χ4n) is 6.06. The lowest BCUT2D eigenvalue weighted by Crippen LogP contribution is -2.44. The second kappa shape index (κ2) is 7.88. The second-order valence-electron chi connectivity index (χ2n) is 10.4. The van der Waals surface area contributed by atoms with Gasteiger partial charge in [0.2, 0.25) is 0 Å². The van der Waals surface area contributed by atoms with E-state index in [1.807, 2.05) is 0 Å². The Balaban J connectivity index is 1.63. The van der Waals surface area contributed by atoms with Crippen molar-refractivity contribution in [2.24, 2.45) is 0 Å². The number of carbonyl (C=O) groups excluding carboxylic acids is 1. The van der Waals surface area contributed by atoms with Gasteiger partial charge in [0.1, 0.15) is 12.4 Å². The molecule has 1 aromatic carbocycles. The summed E-state index contributed by atoms with van der Waals surface area (Å²) in [6, 6.07) is 2.49. The van der Waals surface area contributed by atoms with Crippen molar-refractivity contribution < 1.29 is 27.8 Å². The van der Waals surface area contributed by atoms with E-state index in [4.69, 9.17) is 9.72 Å². The molecule has 0 saturated heterocycles. The van der Waals surface area contributed by atoms with E-state index in [9.17, 15) is 27.9 Å². The van der Waals surface area contributed by atoms with Crippen LogP contribution in [0.25, 0.3) is 22.3 Å². The number of carbonyl (C=O) groups is 1. The summed E-state index contributed by atoms with van der Waals surface area (Å²) in [5.41, 5.74) is 1.93. The van der Waals surface area contributed by atoms with Crippen LogP contribution in [0.1, 0.15) is 66.1 Å². The molecule has 6 rings (SSSR count). The molecule has 10 heteroatoms. The highest BCUT2D eigenvalue weighted by Gasteiger charge is 2.46. The molecule has 2 atom stereocenters. The van der Waals surface area contributed by atoms with Crippen molar-refractivity contribution in [2.75, 3.05) is 6.54 Å². The summed E-state index contributed by atoms with van der Waals surface area (Å²) < 4.78 is 49.1. The molecule has 4 heterocycles. The molecule has 2 aliphatic heterocycles. The van der Waals surface area contributed by atoms with Crippen LogP contribution in [-0.2, 0) is 34.7 Å². The Morgan fingerprint density at radius 2 is 2.03 bits per heavy atom. The van der Waals surface area contributed by atoms with Crippen LogP contribution in [-0.4, -0.2) is 33.1 Å². The van der Waals surface area contributed by atoms with Gasteiger partial charge < -0.3 is 19.7 Å². The fraction of sp³-hybridized carbons (Fsp3) is 0.444.